The Morgan fingerprint density at radius 3 is 2.58 bits per heavy atom. The van der Waals surface area contributed by atoms with Crippen molar-refractivity contribution in [1.29, 1.82) is 0 Å². The predicted octanol–water partition coefficient (Wildman–Crippen LogP) is 6.38. The first-order chi connectivity index (χ1) is 20.7. The van der Waals surface area contributed by atoms with Crippen molar-refractivity contribution in [2.24, 2.45) is 5.92 Å². The molecule has 0 saturated carbocycles. The van der Waals surface area contributed by atoms with E-state index in [-0.39, 0.29) is 58.3 Å². The molecule has 0 radical (unpaired) electrons. The highest BCUT2D eigenvalue weighted by Gasteiger charge is 2.26. The third-order valence-electron chi connectivity index (χ3n) is 6.99. The fourth-order valence-corrected chi connectivity index (χ4v) is 5.14. The number of hydrogen-bond acceptors (Lipinski definition) is 6. The molecule has 3 heterocycles. The number of ether oxygens (including phenoxy) is 2. The van der Waals surface area contributed by atoms with Crippen molar-refractivity contribution in [3.05, 3.63) is 70.2 Å². The molecule has 5 rings (SSSR count). The molecule has 1 aromatic heterocycles. The second kappa shape index (κ2) is 13.3. The van der Waals surface area contributed by atoms with E-state index >= 15 is 0 Å². The van der Waals surface area contributed by atoms with Gasteiger partial charge < -0.3 is 25.1 Å². The van der Waals surface area contributed by atoms with E-state index in [2.05, 4.69) is 25.9 Å². The Balaban J connectivity index is 1.57. The molecule has 1 atom stereocenters. The zero-order valence-corrected chi connectivity index (χ0v) is 24.1. The van der Waals surface area contributed by atoms with Gasteiger partial charge in [0.15, 0.2) is 0 Å². The summed E-state index contributed by atoms with van der Waals surface area (Å²) in [6.45, 7) is 2.72. The molecule has 4 N–H and O–H groups in total. The van der Waals surface area contributed by atoms with Gasteiger partial charge in [0.1, 0.15) is 33.9 Å². The summed E-state index contributed by atoms with van der Waals surface area (Å²) >= 11 is 6.55. The Morgan fingerprint density at radius 2 is 1.86 bits per heavy atom. The predicted molar refractivity (Wildman–Crippen MR) is 157 cm³/mol. The fraction of sp³-hybridized carbons (Fsp3) is 0.333. The highest BCUT2D eigenvalue weighted by atomic mass is 35.5. The number of rotatable bonds is 5. The molecule has 0 spiro atoms. The Morgan fingerprint density at radius 1 is 1.12 bits per heavy atom. The summed E-state index contributed by atoms with van der Waals surface area (Å²) in [6, 6.07) is 4.92. The first-order valence-corrected chi connectivity index (χ1v) is 14.2. The van der Waals surface area contributed by atoms with E-state index in [1.54, 1.807) is 0 Å². The zero-order valence-electron chi connectivity index (χ0n) is 23.3. The van der Waals surface area contributed by atoms with Crippen molar-refractivity contribution in [3.63, 3.8) is 0 Å². The van der Waals surface area contributed by atoms with Gasteiger partial charge in [0.05, 0.1) is 30.2 Å². The highest BCUT2D eigenvalue weighted by molar-refractivity contribution is 6.32. The quantitative estimate of drug-likeness (QED) is 0.247. The number of benzene rings is 2. The minimum atomic E-state index is -1.09. The Bertz CT molecular complexity index is 1560. The monoisotopic (exact) mass is 613 g/mol. The van der Waals surface area contributed by atoms with Gasteiger partial charge in [0, 0.05) is 31.1 Å². The normalized spacial score (nSPS) is 16.7. The molecule has 2 aromatic carbocycles. The van der Waals surface area contributed by atoms with Crippen LogP contribution in [0.15, 0.2) is 36.4 Å². The molecular formula is C30H30ClF2N5O5. The lowest BCUT2D eigenvalue weighted by Crippen LogP contribution is -2.21. The summed E-state index contributed by atoms with van der Waals surface area (Å²) in [5.74, 6) is -2.93. The molecule has 43 heavy (non-hydrogen) atoms. The van der Waals surface area contributed by atoms with Gasteiger partial charge in [-0.15, -0.1) is 0 Å². The van der Waals surface area contributed by atoms with Gasteiger partial charge in [-0.25, -0.2) is 18.6 Å². The average molecular weight is 614 g/mol. The smallest absolute Gasteiger partial charge is 0.411 e. The molecule has 3 amide bonds. The largest absolute Gasteiger partial charge is 0.449 e. The van der Waals surface area contributed by atoms with Crippen LogP contribution in [0.4, 0.5) is 30.6 Å². The molecule has 2 aliphatic heterocycles. The molecule has 0 unspecified atom stereocenters. The van der Waals surface area contributed by atoms with E-state index in [1.807, 2.05) is 12.2 Å². The molecule has 13 heteroatoms. The number of nitrogens with zero attached hydrogens (tertiary/aromatic N) is 1. The van der Waals surface area contributed by atoms with Gasteiger partial charge >= 0.3 is 6.09 Å². The summed E-state index contributed by atoms with van der Waals surface area (Å²) in [7, 11) is 0. The molecule has 3 aromatic rings. The maximum Gasteiger partial charge on any atom is 0.411 e. The van der Waals surface area contributed by atoms with E-state index < -0.39 is 29.2 Å². The number of aryl methyl sites for hydroxylation is 2. The summed E-state index contributed by atoms with van der Waals surface area (Å²) in [4.78, 5) is 46.5. The van der Waals surface area contributed by atoms with Crippen LogP contribution in [-0.4, -0.2) is 47.7 Å². The van der Waals surface area contributed by atoms with Gasteiger partial charge in [-0.2, -0.15) is 0 Å². The molecule has 1 saturated heterocycles. The van der Waals surface area contributed by atoms with Crippen LogP contribution in [-0.2, 0) is 20.7 Å². The first kappa shape index (κ1) is 30.2. The number of nitrogens with one attached hydrogen (secondary N) is 4. The Labute approximate surface area is 251 Å². The van der Waals surface area contributed by atoms with Crippen LogP contribution in [0.1, 0.15) is 47.4 Å². The lowest BCUT2D eigenvalue weighted by Gasteiger charge is -2.19. The van der Waals surface area contributed by atoms with Gasteiger partial charge in [0.2, 0.25) is 5.91 Å². The number of aromatic amines is 1. The van der Waals surface area contributed by atoms with Crippen molar-refractivity contribution in [2.45, 2.75) is 39.0 Å². The van der Waals surface area contributed by atoms with E-state index in [9.17, 15) is 23.2 Å². The van der Waals surface area contributed by atoms with Gasteiger partial charge in [-0.3, -0.25) is 14.9 Å². The molecule has 2 aliphatic rings. The maximum atomic E-state index is 14.8. The molecule has 10 nitrogen and oxygen atoms in total. The SMILES string of the molecule is Cc1cc(F)c(C(=O)Nc2cc(NC(=O)OC[C@H]3CCOC3)cc3c2-c2nc([nH]c2Cl)CCC=CCCC(=O)N3)c(F)c1. The zero-order chi connectivity index (χ0) is 30.5. The van der Waals surface area contributed by atoms with E-state index in [0.717, 1.165) is 18.6 Å². The van der Waals surface area contributed by atoms with Crippen LogP contribution >= 0.6 is 11.6 Å². The summed E-state index contributed by atoms with van der Waals surface area (Å²) < 4.78 is 40.2. The highest BCUT2D eigenvalue weighted by Crippen LogP contribution is 2.41. The van der Waals surface area contributed by atoms with Crippen LogP contribution in [0.2, 0.25) is 5.15 Å². The number of carbonyl (C=O) groups excluding carboxylic acids is 3. The number of allylic oxidation sites excluding steroid dienone is 2. The first-order valence-electron chi connectivity index (χ1n) is 13.8. The average Bonchev–Trinajstić information content (AvgIpc) is 3.58. The van der Waals surface area contributed by atoms with Crippen molar-refractivity contribution >= 4 is 46.6 Å². The van der Waals surface area contributed by atoms with Crippen molar-refractivity contribution in [3.8, 4) is 11.3 Å². The van der Waals surface area contributed by atoms with E-state index in [1.165, 1.54) is 19.1 Å². The minimum Gasteiger partial charge on any atom is -0.449 e. The van der Waals surface area contributed by atoms with Crippen molar-refractivity contribution in [2.75, 3.05) is 35.8 Å². The van der Waals surface area contributed by atoms with Crippen LogP contribution in [0, 0.1) is 24.5 Å². The van der Waals surface area contributed by atoms with Crippen LogP contribution < -0.4 is 16.0 Å². The van der Waals surface area contributed by atoms with E-state index in [4.69, 9.17) is 21.1 Å². The number of amides is 3. The van der Waals surface area contributed by atoms with Gasteiger partial charge in [0.25, 0.3) is 5.91 Å². The molecule has 226 valence electrons. The fourth-order valence-electron chi connectivity index (χ4n) is 4.90. The number of aromatic nitrogens is 2. The van der Waals surface area contributed by atoms with Gasteiger partial charge in [-0.1, -0.05) is 23.8 Å². The summed E-state index contributed by atoms with van der Waals surface area (Å²) in [6.07, 6.45) is 5.62. The van der Waals surface area contributed by atoms with Gasteiger partial charge in [-0.05, 0) is 56.0 Å². The Kier molecular flexibility index (Phi) is 9.37. The minimum absolute atomic E-state index is 0.0189. The third-order valence-corrected chi connectivity index (χ3v) is 7.27. The van der Waals surface area contributed by atoms with Crippen LogP contribution in [0.3, 0.4) is 0 Å². The summed E-state index contributed by atoms with van der Waals surface area (Å²) in [5.41, 5.74) is 0.119. The summed E-state index contributed by atoms with van der Waals surface area (Å²) in [5, 5.41) is 8.06. The number of hydrogen-bond donors (Lipinski definition) is 4. The Hall–Kier alpha value is -4.29. The lowest BCUT2D eigenvalue weighted by atomic mass is 10.0. The number of H-pyrrole nitrogens is 1. The number of anilines is 3. The maximum absolute atomic E-state index is 14.8. The van der Waals surface area contributed by atoms with Crippen molar-refractivity contribution < 1.29 is 32.6 Å². The number of imidazole rings is 1. The molecule has 0 aliphatic carbocycles. The standard InChI is InChI=1S/C30H30ClF2N5O5/c1-16-10-19(32)25(20(33)11-16)29(40)36-22-13-18(34-30(41)43-15-17-8-9-42-14-17)12-21-26(22)27-28(31)38-23(37-27)6-4-2-3-5-7-24(39)35-21/h2-3,10-13,17H,4-9,14-15H2,1H3,(H,34,41)(H,35,39)(H,36,40)(H,37,38)/t17-/m0/s1. The lowest BCUT2D eigenvalue weighted by molar-refractivity contribution is -0.116. The molecule has 2 bridgehead atoms. The third kappa shape index (κ3) is 7.38. The second-order valence-electron chi connectivity index (χ2n) is 10.4. The van der Waals surface area contributed by atoms with Crippen LogP contribution in [0.25, 0.3) is 11.3 Å². The number of fused-ring (bicyclic) bond motifs is 4. The van der Waals surface area contributed by atoms with Crippen LogP contribution in [0.5, 0.6) is 0 Å². The molecule has 1 fully saturated rings. The van der Waals surface area contributed by atoms with Crippen molar-refractivity contribution in [1.82, 2.24) is 9.97 Å². The number of halogens is 3. The van der Waals surface area contributed by atoms with E-state index in [0.29, 0.717) is 43.9 Å². The molecular weight excluding hydrogens is 584 g/mol. The second-order valence-corrected chi connectivity index (χ2v) is 10.8. The topological polar surface area (TPSA) is 134 Å². The number of carbonyl (C=O) groups is 3.